The zero-order chi connectivity index (χ0) is 18.7. The molecule has 1 aliphatic heterocycles. The number of carbonyl (C=O) groups is 3. The standard InChI is InChI=1S/C14H20F3NO6/c1-7(6-18(4)13(21)14(15,16)17)10-5-11(22-8(2)19)12(24-10)23-9(3)20/h7,10-12H,5-6H2,1-4H3/t7-,10-,11+,12+/m0/s1. The molecule has 7 nitrogen and oxygen atoms in total. The van der Waals surface area contributed by atoms with Gasteiger partial charge < -0.3 is 19.1 Å². The zero-order valence-corrected chi connectivity index (χ0v) is 13.8. The van der Waals surface area contributed by atoms with E-state index in [1.807, 2.05) is 0 Å². The Kier molecular flexibility index (Phi) is 6.58. The number of ether oxygens (including phenoxy) is 3. The highest BCUT2D eigenvalue weighted by molar-refractivity contribution is 5.81. The summed E-state index contributed by atoms with van der Waals surface area (Å²) < 4.78 is 52.6. The lowest BCUT2D eigenvalue weighted by atomic mass is 10.0. The van der Waals surface area contributed by atoms with Gasteiger partial charge in [-0.25, -0.2) is 0 Å². The van der Waals surface area contributed by atoms with Gasteiger partial charge in [0, 0.05) is 39.8 Å². The fourth-order valence-electron chi connectivity index (χ4n) is 2.45. The van der Waals surface area contributed by atoms with Gasteiger partial charge in [-0.05, 0) is 0 Å². The van der Waals surface area contributed by atoms with Gasteiger partial charge in [0.1, 0.15) is 0 Å². The predicted molar refractivity (Wildman–Crippen MR) is 73.5 cm³/mol. The molecule has 0 radical (unpaired) electrons. The van der Waals surface area contributed by atoms with E-state index in [2.05, 4.69) is 0 Å². The Bertz CT molecular complexity index is 471. The Morgan fingerprint density at radius 2 is 1.75 bits per heavy atom. The van der Waals surface area contributed by atoms with Crippen LogP contribution in [0.3, 0.4) is 0 Å². The largest absolute Gasteiger partial charge is 0.471 e. The topological polar surface area (TPSA) is 82.1 Å². The molecule has 1 aliphatic rings. The molecule has 0 spiro atoms. The second-order valence-corrected chi connectivity index (χ2v) is 5.70. The number of carbonyl (C=O) groups excluding carboxylic acids is 3. The van der Waals surface area contributed by atoms with Crippen molar-refractivity contribution in [1.82, 2.24) is 4.90 Å². The maximum atomic E-state index is 12.4. The minimum atomic E-state index is -4.95. The van der Waals surface area contributed by atoms with Crippen LogP contribution in [0.2, 0.25) is 0 Å². The van der Waals surface area contributed by atoms with Crippen LogP contribution in [-0.2, 0) is 28.6 Å². The molecule has 0 saturated carbocycles. The van der Waals surface area contributed by atoms with E-state index >= 15 is 0 Å². The third-order valence-corrected chi connectivity index (χ3v) is 3.46. The molecule has 1 rings (SSSR count). The predicted octanol–water partition coefficient (Wildman–Crippen LogP) is 1.25. The Balaban J connectivity index is 2.70. The Morgan fingerprint density at radius 3 is 2.21 bits per heavy atom. The van der Waals surface area contributed by atoms with Crippen LogP contribution in [0.5, 0.6) is 0 Å². The summed E-state index contributed by atoms with van der Waals surface area (Å²) in [6, 6.07) is 0. The highest BCUT2D eigenvalue weighted by atomic mass is 19.4. The van der Waals surface area contributed by atoms with Crippen molar-refractivity contribution in [3.05, 3.63) is 0 Å². The van der Waals surface area contributed by atoms with Gasteiger partial charge in [0.2, 0.25) is 6.29 Å². The first-order valence-corrected chi connectivity index (χ1v) is 7.24. The van der Waals surface area contributed by atoms with Crippen molar-refractivity contribution in [2.45, 2.75) is 51.9 Å². The smallest absolute Gasteiger partial charge is 0.456 e. The molecule has 24 heavy (non-hydrogen) atoms. The van der Waals surface area contributed by atoms with Crippen LogP contribution in [-0.4, -0.2) is 61.0 Å². The first kappa shape index (κ1) is 20.2. The van der Waals surface area contributed by atoms with Gasteiger partial charge in [0.25, 0.3) is 0 Å². The minimum Gasteiger partial charge on any atom is -0.456 e. The molecule has 0 aromatic carbocycles. The van der Waals surface area contributed by atoms with Crippen molar-refractivity contribution in [2.75, 3.05) is 13.6 Å². The van der Waals surface area contributed by atoms with Crippen LogP contribution >= 0.6 is 0 Å². The van der Waals surface area contributed by atoms with Crippen LogP contribution in [0.15, 0.2) is 0 Å². The second-order valence-electron chi connectivity index (χ2n) is 5.70. The van der Waals surface area contributed by atoms with Gasteiger partial charge >= 0.3 is 24.0 Å². The quantitative estimate of drug-likeness (QED) is 0.691. The molecule has 0 N–H and O–H groups in total. The van der Waals surface area contributed by atoms with E-state index in [9.17, 15) is 27.6 Å². The third-order valence-electron chi connectivity index (χ3n) is 3.46. The molecular weight excluding hydrogens is 335 g/mol. The number of amides is 1. The van der Waals surface area contributed by atoms with Crippen molar-refractivity contribution >= 4 is 17.8 Å². The van der Waals surface area contributed by atoms with E-state index in [0.29, 0.717) is 4.90 Å². The molecule has 1 saturated heterocycles. The lowest BCUT2D eigenvalue weighted by molar-refractivity contribution is -0.197. The summed E-state index contributed by atoms with van der Waals surface area (Å²) in [7, 11) is 1.04. The Morgan fingerprint density at radius 1 is 1.21 bits per heavy atom. The molecule has 1 amide bonds. The molecule has 0 bridgehead atoms. The Hall–Kier alpha value is -1.84. The summed E-state index contributed by atoms with van der Waals surface area (Å²) in [6.45, 7) is 3.70. The first-order valence-electron chi connectivity index (χ1n) is 7.24. The van der Waals surface area contributed by atoms with Crippen LogP contribution in [0.25, 0.3) is 0 Å². The van der Waals surface area contributed by atoms with Gasteiger partial charge in [-0.3, -0.25) is 14.4 Å². The molecule has 1 fully saturated rings. The minimum absolute atomic E-state index is 0.146. The third kappa shape index (κ3) is 5.66. The number of esters is 2. The Labute approximate surface area is 137 Å². The van der Waals surface area contributed by atoms with Crippen molar-refractivity contribution in [1.29, 1.82) is 0 Å². The van der Waals surface area contributed by atoms with Gasteiger partial charge in [-0.2, -0.15) is 13.2 Å². The maximum Gasteiger partial charge on any atom is 0.471 e. The number of halogens is 3. The van der Waals surface area contributed by atoms with Crippen molar-refractivity contribution in [3.63, 3.8) is 0 Å². The summed E-state index contributed by atoms with van der Waals surface area (Å²) in [4.78, 5) is 33.9. The summed E-state index contributed by atoms with van der Waals surface area (Å²) in [5.41, 5.74) is 0. The summed E-state index contributed by atoms with van der Waals surface area (Å²) in [6.07, 6.45) is -7.41. The normalized spacial score (nSPS) is 25.0. The average Bonchev–Trinajstić information content (AvgIpc) is 2.78. The van der Waals surface area contributed by atoms with Crippen LogP contribution in [0.1, 0.15) is 27.2 Å². The number of nitrogens with zero attached hydrogens (tertiary/aromatic N) is 1. The van der Waals surface area contributed by atoms with Crippen molar-refractivity contribution in [3.8, 4) is 0 Å². The molecule has 0 unspecified atom stereocenters. The van der Waals surface area contributed by atoms with E-state index < -0.39 is 48.4 Å². The van der Waals surface area contributed by atoms with E-state index in [4.69, 9.17) is 14.2 Å². The van der Waals surface area contributed by atoms with E-state index in [-0.39, 0.29) is 13.0 Å². The van der Waals surface area contributed by atoms with Gasteiger partial charge in [-0.1, -0.05) is 6.92 Å². The van der Waals surface area contributed by atoms with Crippen LogP contribution in [0.4, 0.5) is 13.2 Å². The fourth-order valence-corrected chi connectivity index (χ4v) is 2.45. The molecule has 1 heterocycles. The second kappa shape index (κ2) is 7.82. The average molecular weight is 355 g/mol. The molecule has 0 aromatic rings. The molecular formula is C14H20F3NO6. The first-order chi connectivity index (χ1) is 10.9. The van der Waals surface area contributed by atoms with Gasteiger partial charge in [0.05, 0.1) is 6.10 Å². The van der Waals surface area contributed by atoms with Crippen LogP contribution in [0, 0.1) is 5.92 Å². The summed E-state index contributed by atoms with van der Waals surface area (Å²) in [5, 5.41) is 0. The molecule has 4 atom stereocenters. The molecule has 10 heteroatoms. The summed E-state index contributed by atoms with van der Waals surface area (Å²) >= 11 is 0. The highest BCUT2D eigenvalue weighted by Gasteiger charge is 2.45. The molecule has 0 aromatic heterocycles. The maximum absolute atomic E-state index is 12.4. The van der Waals surface area contributed by atoms with Crippen molar-refractivity contribution < 1.29 is 41.8 Å². The van der Waals surface area contributed by atoms with E-state index in [1.54, 1.807) is 6.92 Å². The summed E-state index contributed by atoms with van der Waals surface area (Å²) in [5.74, 6) is -3.70. The SMILES string of the molecule is CC(=O)O[C@@H]1O[C@H]([C@@H](C)CN(C)C(=O)C(F)(F)F)C[C@H]1OC(C)=O. The monoisotopic (exact) mass is 355 g/mol. The highest BCUT2D eigenvalue weighted by Crippen LogP contribution is 2.30. The molecule has 0 aliphatic carbocycles. The van der Waals surface area contributed by atoms with Crippen LogP contribution < -0.4 is 0 Å². The zero-order valence-electron chi connectivity index (χ0n) is 13.8. The number of alkyl halides is 3. The van der Waals surface area contributed by atoms with E-state index in [1.165, 1.54) is 6.92 Å². The number of rotatable bonds is 5. The number of hydrogen-bond donors (Lipinski definition) is 0. The molecule has 138 valence electrons. The van der Waals surface area contributed by atoms with Gasteiger partial charge in [0.15, 0.2) is 6.10 Å². The van der Waals surface area contributed by atoms with Crippen molar-refractivity contribution in [2.24, 2.45) is 5.92 Å². The van der Waals surface area contributed by atoms with Gasteiger partial charge in [-0.15, -0.1) is 0 Å². The lowest BCUT2D eigenvalue weighted by Crippen LogP contribution is -2.42. The number of hydrogen-bond acceptors (Lipinski definition) is 6. The lowest BCUT2D eigenvalue weighted by Gasteiger charge is -2.25. The van der Waals surface area contributed by atoms with E-state index in [0.717, 1.165) is 14.0 Å². The fraction of sp³-hybridized carbons (Fsp3) is 0.786.